The second-order valence-electron chi connectivity index (χ2n) is 6.12. The lowest BCUT2D eigenvalue weighted by atomic mass is 9.98. The molecule has 2 atom stereocenters. The summed E-state index contributed by atoms with van der Waals surface area (Å²) in [4.78, 5) is 40.2. The zero-order valence-corrected chi connectivity index (χ0v) is 12.4. The molecule has 0 aromatic carbocycles. The van der Waals surface area contributed by atoms with E-state index in [-0.39, 0.29) is 18.9 Å². The van der Waals surface area contributed by atoms with Crippen molar-refractivity contribution in [3.05, 3.63) is 0 Å². The van der Waals surface area contributed by atoms with Crippen molar-refractivity contribution < 1.29 is 24.6 Å². The quantitative estimate of drug-likeness (QED) is 0.658. The molecule has 8 nitrogen and oxygen atoms in total. The average molecular weight is 299 g/mol. The van der Waals surface area contributed by atoms with Gasteiger partial charge < -0.3 is 24.9 Å². The number of carbonyl (C=O) groups is 3. The third-order valence-electron chi connectivity index (χ3n) is 4.24. The van der Waals surface area contributed by atoms with Crippen LogP contribution in [0.25, 0.3) is 0 Å². The minimum Gasteiger partial charge on any atom is -0.480 e. The Morgan fingerprint density at radius 3 is 2.48 bits per heavy atom. The molecule has 118 valence electrons. The standard InChI is InChI=1S/C13H21N3O5/c1-13(2)11(20)14(3)4-5-16(13)12(21)15-7-8(17)6-9(15)10(18)19/h8-9,17H,4-7H2,1-3H3,(H,18,19)/t8-,9-/m0/s1. The van der Waals surface area contributed by atoms with Crippen LogP contribution >= 0.6 is 0 Å². The zero-order chi connectivity index (χ0) is 15.9. The van der Waals surface area contributed by atoms with Crippen molar-refractivity contribution in [1.29, 1.82) is 0 Å². The monoisotopic (exact) mass is 299 g/mol. The molecule has 2 fully saturated rings. The molecule has 3 amide bonds. The Kier molecular flexibility index (Phi) is 3.83. The Morgan fingerprint density at radius 1 is 1.29 bits per heavy atom. The molecular formula is C13H21N3O5. The fraction of sp³-hybridized carbons (Fsp3) is 0.769. The van der Waals surface area contributed by atoms with Gasteiger partial charge in [-0.15, -0.1) is 0 Å². The number of piperazine rings is 1. The second kappa shape index (κ2) is 5.18. The number of carboxylic acids is 1. The molecule has 2 N–H and O–H groups in total. The van der Waals surface area contributed by atoms with Gasteiger partial charge >= 0.3 is 12.0 Å². The molecule has 0 aliphatic carbocycles. The summed E-state index contributed by atoms with van der Waals surface area (Å²) < 4.78 is 0. The third kappa shape index (κ3) is 2.55. The maximum atomic E-state index is 12.6. The maximum absolute atomic E-state index is 12.6. The van der Waals surface area contributed by atoms with Crippen molar-refractivity contribution in [2.45, 2.75) is 38.0 Å². The van der Waals surface area contributed by atoms with Gasteiger partial charge in [0.25, 0.3) is 0 Å². The van der Waals surface area contributed by atoms with E-state index in [4.69, 9.17) is 0 Å². The highest BCUT2D eigenvalue weighted by Gasteiger charge is 2.48. The molecule has 0 bridgehead atoms. The van der Waals surface area contributed by atoms with Gasteiger partial charge in [-0.2, -0.15) is 0 Å². The van der Waals surface area contributed by atoms with E-state index in [1.165, 1.54) is 4.90 Å². The summed E-state index contributed by atoms with van der Waals surface area (Å²) in [6, 6.07) is -1.55. The maximum Gasteiger partial charge on any atom is 0.326 e. The van der Waals surface area contributed by atoms with Crippen LogP contribution in [0.1, 0.15) is 20.3 Å². The van der Waals surface area contributed by atoms with Crippen LogP contribution < -0.4 is 0 Å². The molecule has 0 saturated carbocycles. The lowest BCUT2D eigenvalue weighted by Crippen LogP contribution is -2.66. The number of likely N-dealkylation sites (N-methyl/N-ethyl adjacent to an activating group) is 1. The molecule has 2 saturated heterocycles. The molecule has 8 heteroatoms. The van der Waals surface area contributed by atoms with Crippen LogP contribution in [-0.2, 0) is 9.59 Å². The fourth-order valence-electron chi connectivity index (χ4n) is 2.96. The smallest absolute Gasteiger partial charge is 0.326 e. The molecule has 2 rings (SSSR count). The summed E-state index contributed by atoms with van der Waals surface area (Å²) in [6.07, 6.45) is -0.829. The normalized spacial score (nSPS) is 29.0. The number of hydrogen-bond acceptors (Lipinski definition) is 4. The number of aliphatic hydroxyl groups is 1. The van der Waals surface area contributed by atoms with Crippen LogP contribution in [-0.4, -0.2) is 87.2 Å². The number of urea groups is 1. The lowest BCUT2D eigenvalue weighted by Gasteiger charge is -2.46. The van der Waals surface area contributed by atoms with Crippen molar-refractivity contribution >= 4 is 17.9 Å². The molecule has 0 radical (unpaired) electrons. The van der Waals surface area contributed by atoms with E-state index in [0.29, 0.717) is 13.1 Å². The number of carbonyl (C=O) groups excluding carboxylic acids is 2. The van der Waals surface area contributed by atoms with Crippen LogP contribution in [0.3, 0.4) is 0 Å². The van der Waals surface area contributed by atoms with Gasteiger partial charge in [0.15, 0.2) is 0 Å². The van der Waals surface area contributed by atoms with Gasteiger partial charge in [0.2, 0.25) is 5.91 Å². The zero-order valence-electron chi connectivity index (χ0n) is 12.4. The van der Waals surface area contributed by atoms with E-state index in [1.807, 2.05) is 0 Å². The number of hydrogen-bond donors (Lipinski definition) is 2. The van der Waals surface area contributed by atoms with E-state index in [2.05, 4.69) is 0 Å². The van der Waals surface area contributed by atoms with Gasteiger partial charge in [-0.25, -0.2) is 9.59 Å². The van der Waals surface area contributed by atoms with Crippen LogP contribution in [0.2, 0.25) is 0 Å². The van der Waals surface area contributed by atoms with E-state index in [0.717, 1.165) is 4.90 Å². The Bertz CT molecular complexity index is 478. The van der Waals surface area contributed by atoms with Gasteiger partial charge in [-0.1, -0.05) is 0 Å². The van der Waals surface area contributed by atoms with Crippen molar-refractivity contribution in [2.75, 3.05) is 26.7 Å². The number of rotatable bonds is 1. The summed E-state index contributed by atoms with van der Waals surface area (Å²) in [5, 5.41) is 18.8. The minimum atomic E-state index is -1.14. The van der Waals surface area contributed by atoms with Gasteiger partial charge in [0.05, 0.1) is 6.10 Å². The number of aliphatic hydroxyl groups excluding tert-OH is 1. The van der Waals surface area contributed by atoms with Gasteiger partial charge in [0.1, 0.15) is 11.6 Å². The number of aliphatic carboxylic acids is 1. The van der Waals surface area contributed by atoms with E-state index >= 15 is 0 Å². The predicted molar refractivity (Wildman–Crippen MR) is 72.6 cm³/mol. The van der Waals surface area contributed by atoms with Crippen molar-refractivity contribution in [3.8, 4) is 0 Å². The minimum absolute atomic E-state index is 0.0171. The highest BCUT2D eigenvalue weighted by atomic mass is 16.4. The highest BCUT2D eigenvalue weighted by Crippen LogP contribution is 2.27. The summed E-state index contributed by atoms with van der Waals surface area (Å²) in [5.74, 6) is -1.33. The first kappa shape index (κ1) is 15.6. The molecule has 0 spiro atoms. The van der Waals surface area contributed by atoms with Crippen LogP contribution in [0.5, 0.6) is 0 Å². The molecule has 21 heavy (non-hydrogen) atoms. The topological polar surface area (TPSA) is 101 Å². The van der Waals surface area contributed by atoms with Crippen LogP contribution in [0, 0.1) is 0 Å². The summed E-state index contributed by atoms with van der Waals surface area (Å²) in [6.45, 7) is 4.01. The molecule has 2 heterocycles. The first-order valence-corrected chi connectivity index (χ1v) is 6.91. The van der Waals surface area contributed by atoms with Gasteiger partial charge in [-0.05, 0) is 13.8 Å². The molecule has 0 unspecified atom stereocenters. The Balaban J connectivity index is 2.23. The molecule has 2 aliphatic heterocycles. The van der Waals surface area contributed by atoms with Gasteiger partial charge in [-0.3, -0.25) is 4.79 Å². The highest BCUT2D eigenvalue weighted by molar-refractivity contribution is 5.92. The first-order chi connectivity index (χ1) is 9.66. The lowest BCUT2D eigenvalue weighted by molar-refractivity contribution is -0.145. The number of amides is 3. The van der Waals surface area contributed by atoms with Crippen molar-refractivity contribution in [2.24, 2.45) is 0 Å². The molecule has 0 aromatic heterocycles. The number of β-amino-alcohol motifs (C(OH)–C–C–N with tert-alkyl or cyclic N) is 1. The average Bonchev–Trinajstić information content (AvgIpc) is 2.78. The molecule has 0 aromatic rings. The third-order valence-corrected chi connectivity index (χ3v) is 4.24. The molecule has 2 aliphatic rings. The van der Waals surface area contributed by atoms with Crippen LogP contribution in [0.15, 0.2) is 0 Å². The largest absolute Gasteiger partial charge is 0.480 e. The number of carboxylic acid groups (broad SMARTS) is 1. The van der Waals surface area contributed by atoms with Crippen molar-refractivity contribution in [1.82, 2.24) is 14.7 Å². The summed E-state index contributed by atoms with van der Waals surface area (Å²) >= 11 is 0. The second-order valence-corrected chi connectivity index (χ2v) is 6.12. The fourth-order valence-corrected chi connectivity index (χ4v) is 2.96. The number of nitrogens with zero attached hydrogens (tertiary/aromatic N) is 3. The Hall–Kier alpha value is -1.83. The summed E-state index contributed by atoms with van der Waals surface area (Å²) in [5.41, 5.74) is -1.03. The SMILES string of the molecule is CN1CCN(C(=O)N2C[C@@H](O)C[C@H]2C(=O)O)C(C)(C)C1=O. The van der Waals surface area contributed by atoms with E-state index < -0.39 is 29.7 Å². The Labute approximate surface area is 122 Å². The van der Waals surface area contributed by atoms with E-state index in [9.17, 15) is 24.6 Å². The van der Waals surface area contributed by atoms with Gasteiger partial charge in [0, 0.05) is 33.1 Å². The van der Waals surface area contributed by atoms with Crippen molar-refractivity contribution in [3.63, 3.8) is 0 Å². The number of likely N-dealkylation sites (tertiary alicyclic amines) is 1. The molecular weight excluding hydrogens is 278 g/mol. The van der Waals surface area contributed by atoms with E-state index in [1.54, 1.807) is 25.8 Å². The predicted octanol–water partition coefficient (Wildman–Crippen LogP) is -0.821. The Morgan fingerprint density at radius 2 is 1.90 bits per heavy atom. The first-order valence-electron chi connectivity index (χ1n) is 6.91. The summed E-state index contributed by atoms with van der Waals surface area (Å²) in [7, 11) is 1.67. The van der Waals surface area contributed by atoms with Crippen LogP contribution in [0.4, 0.5) is 4.79 Å².